The second-order valence-electron chi connectivity index (χ2n) is 7.31. The van der Waals surface area contributed by atoms with Gasteiger partial charge < -0.3 is 4.57 Å². The van der Waals surface area contributed by atoms with Gasteiger partial charge in [0.15, 0.2) is 0 Å². The second kappa shape index (κ2) is 8.46. The van der Waals surface area contributed by atoms with Crippen molar-refractivity contribution in [3.05, 3.63) is 93.7 Å². The van der Waals surface area contributed by atoms with Crippen molar-refractivity contribution in [1.29, 1.82) is 0 Å². The Kier molecular flexibility index (Phi) is 5.88. The molecule has 158 valence electrons. The van der Waals surface area contributed by atoms with E-state index < -0.39 is 10.0 Å². The molecule has 1 heterocycles. The number of aromatic nitrogens is 1. The van der Waals surface area contributed by atoms with Crippen LogP contribution < -0.4 is 4.80 Å². The van der Waals surface area contributed by atoms with Crippen LogP contribution in [0.2, 0.25) is 5.02 Å². The quantitative estimate of drug-likeness (QED) is 0.370. The Morgan fingerprint density at radius 1 is 0.871 bits per heavy atom. The Balaban J connectivity index is 1.97. The van der Waals surface area contributed by atoms with Crippen LogP contribution in [0.25, 0.3) is 21.7 Å². The first-order chi connectivity index (χ1) is 14.8. The Labute approximate surface area is 191 Å². The lowest BCUT2D eigenvalue weighted by Gasteiger charge is -2.09. The molecule has 0 atom stereocenters. The number of hydrogen-bond acceptors (Lipinski definition) is 3. The molecule has 0 aliphatic carbocycles. The fourth-order valence-electron chi connectivity index (χ4n) is 3.30. The van der Waals surface area contributed by atoms with Gasteiger partial charge in [-0.25, -0.2) is 0 Å². The van der Waals surface area contributed by atoms with Crippen LogP contribution in [0, 0.1) is 13.8 Å². The molecule has 0 amide bonds. The van der Waals surface area contributed by atoms with Gasteiger partial charge in [0.1, 0.15) is 0 Å². The zero-order valence-electron chi connectivity index (χ0n) is 17.3. The van der Waals surface area contributed by atoms with Crippen LogP contribution in [0.5, 0.6) is 0 Å². The fraction of sp³-hybridized carbons (Fsp3) is 0.125. The van der Waals surface area contributed by atoms with Gasteiger partial charge in [0.25, 0.3) is 10.0 Å². The first-order valence-electron chi connectivity index (χ1n) is 9.66. The predicted octanol–water partition coefficient (Wildman–Crippen LogP) is 5.98. The topological polar surface area (TPSA) is 51.4 Å². The molecule has 0 unspecified atom stereocenters. The lowest BCUT2D eigenvalue weighted by atomic mass is 10.0. The summed E-state index contributed by atoms with van der Waals surface area (Å²) in [6, 6.07) is 22.3. The number of sulfonamides is 1. The summed E-state index contributed by atoms with van der Waals surface area (Å²) in [7, 11) is -2.03. The van der Waals surface area contributed by atoms with Crippen LogP contribution in [-0.4, -0.2) is 13.0 Å². The first-order valence-corrected chi connectivity index (χ1v) is 12.3. The third-order valence-corrected chi connectivity index (χ3v) is 7.99. The molecular formula is C24H21ClN2O2S2. The van der Waals surface area contributed by atoms with Crippen LogP contribution in [-0.2, 0) is 17.1 Å². The van der Waals surface area contributed by atoms with Gasteiger partial charge in [-0.05, 0) is 66.4 Å². The molecule has 0 saturated heterocycles. The largest absolute Gasteiger partial charge is 0.318 e. The summed E-state index contributed by atoms with van der Waals surface area (Å²) in [6.45, 7) is 4.15. The van der Waals surface area contributed by atoms with Crippen molar-refractivity contribution in [3.8, 4) is 21.7 Å². The highest BCUT2D eigenvalue weighted by molar-refractivity contribution is 7.90. The number of halogens is 1. The van der Waals surface area contributed by atoms with Gasteiger partial charge in [-0.2, -0.15) is 8.42 Å². The van der Waals surface area contributed by atoms with Gasteiger partial charge in [0, 0.05) is 12.1 Å². The Hall–Kier alpha value is -2.67. The lowest BCUT2D eigenvalue weighted by Crippen LogP contribution is -2.14. The lowest BCUT2D eigenvalue weighted by molar-refractivity contribution is 0.596. The molecular weight excluding hydrogens is 448 g/mol. The minimum Gasteiger partial charge on any atom is -0.318 e. The molecule has 31 heavy (non-hydrogen) atoms. The Bertz CT molecular complexity index is 1420. The summed E-state index contributed by atoms with van der Waals surface area (Å²) in [4.78, 5) is 1.48. The van der Waals surface area contributed by atoms with E-state index in [1.165, 1.54) is 34.6 Å². The molecule has 0 aliphatic rings. The van der Waals surface area contributed by atoms with Gasteiger partial charge in [-0.3, -0.25) is 0 Å². The molecule has 7 heteroatoms. The molecule has 0 N–H and O–H groups in total. The first kappa shape index (κ1) is 21.6. The molecule has 1 aromatic heterocycles. The minimum absolute atomic E-state index is 0.110. The number of hydrogen-bond donors (Lipinski definition) is 0. The summed E-state index contributed by atoms with van der Waals surface area (Å²) in [5.41, 5.74) is 5.35. The number of aryl methyl sites for hydroxylation is 2. The van der Waals surface area contributed by atoms with Crippen molar-refractivity contribution >= 4 is 33.0 Å². The second-order valence-corrected chi connectivity index (χ2v) is 10.3. The maximum Gasteiger partial charge on any atom is 0.285 e. The molecule has 0 bridgehead atoms. The van der Waals surface area contributed by atoms with Crippen molar-refractivity contribution in [2.75, 3.05) is 0 Å². The molecule has 0 radical (unpaired) electrons. The summed E-state index contributed by atoms with van der Waals surface area (Å²) in [5.74, 6) is 0. The maximum atomic E-state index is 12.9. The average molecular weight is 469 g/mol. The number of benzene rings is 3. The number of rotatable bonds is 4. The Morgan fingerprint density at radius 2 is 1.55 bits per heavy atom. The molecule has 0 aliphatic heterocycles. The molecule has 0 fully saturated rings. The van der Waals surface area contributed by atoms with Gasteiger partial charge in [0.2, 0.25) is 4.80 Å². The molecule has 4 aromatic rings. The third kappa shape index (κ3) is 4.37. The summed E-state index contributed by atoms with van der Waals surface area (Å²) < 4.78 is 31.9. The average Bonchev–Trinajstić information content (AvgIpc) is 3.06. The molecule has 3 aromatic carbocycles. The van der Waals surface area contributed by atoms with Crippen LogP contribution in [0.15, 0.2) is 82.1 Å². The van der Waals surface area contributed by atoms with E-state index >= 15 is 0 Å². The van der Waals surface area contributed by atoms with Gasteiger partial charge in [0.05, 0.1) is 15.5 Å². The highest BCUT2D eigenvalue weighted by Crippen LogP contribution is 2.35. The van der Waals surface area contributed by atoms with Crippen molar-refractivity contribution in [2.24, 2.45) is 11.4 Å². The highest BCUT2D eigenvalue weighted by atomic mass is 35.5. The SMILES string of the molecule is Cc1ccc(-c2c(-c3ccccc3)sc(=NS(=O)(=O)c3ccc(Cl)cc3)n2C)cc1C. The van der Waals surface area contributed by atoms with E-state index in [9.17, 15) is 8.42 Å². The van der Waals surface area contributed by atoms with E-state index in [2.05, 4.69) is 36.4 Å². The van der Waals surface area contributed by atoms with E-state index in [4.69, 9.17) is 11.6 Å². The van der Waals surface area contributed by atoms with Crippen molar-refractivity contribution in [1.82, 2.24) is 4.57 Å². The highest BCUT2D eigenvalue weighted by Gasteiger charge is 2.18. The zero-order valence-corrected chi connectivity index (χ0v) is 19.7. The van der Waals surface area contributed by atoms with Crippen molar-refractivity contribution in [2.45, 2.75) is 18.7 Å². The van der Waals surface area contributed by atoms with Gasteiger partial charge in [-0.1, -0.05) is 65.4 Å². The fourth-order valence-corrected chi connectivity index (χ4v) is 5.80. The maximum absolute atomic E-state index is 12.9. The number of nitrogens with zero attached hydrogens (tertiary/aromatic N) is 2. The number of thiazole rings is 1. The standard InChI is InChI=1S/C24H21ClN2O2S2/c1-16-9-10-19(15-17(16)2)22-23(18-7-5-4-6-8-18)30-24(27(22)3)26-31(28,29)21-13-11-20(25)12-14-21/h4-15H,1-3H3. The van der Waals surface area contributed by atoms with Crippen molar-refractivity contribution < 1.29 is 8.42 Å². The summed E-state index contributed by atoms with van der Waals surface area (Å²) in [6.07, 6.45) is 0. The third-order valence-electron chi connectivity index (χ3n) is 5.16. The summed E-state index contributed by atoms with van der Waals surface area (Å²) >= 11 is 7.26. The van der Waals surface area contributed by atoms with Gasteiger partial charge in [-0.15, -0.1) is 4.40 Å². The van der Waals surface area contributed by atoms with Gasteiger partial charge >= 0.3 is 0 Å². The van der Waals surface area contributed by atoms with Crippen LogP contribution >= 0.6 is 22.9 Å². The molecule has 4 rings (SSSR count). The minimum atomic E-state index is -3.88. The van der Waals surface area contributed by atoms with E-state index in [-0.39, 0.29) is 4.90 Å². The van der Waals surface area contributed by atoms with Crippen LogP contribution in [0.1, 0.15) is 11.1 Å². The van der Waals surface area contributed by atoms with E-state index in [1.54, 1.807) is 12.1 Å². The molecule has 4 nitrogen and oxygen atoms in total. The van der Waals surface area contributed by atoms with E-state index in [1.807, 2.05) is 41.9 Å². The molecule has 0 saturated carbocycles. The Morgan fingerprint density at radius 3 is 2.19 bits per heavy atom. The normalized spacial score (nSPS) is 12.3. The molecule has 0 spiro atoms. The smallest absolute Gasteiger partial charge is 0.285 e. The zero-order chi connectivity index (χ0) is 22.2. The van der Waals surface area contributed by atoms with Crippen LogP contribution in [0.3, 0.4) is 0 Å². The van der Waals surface area contributed by atoms with Crippen molar-refractivity contribution in [3.63, 3.8) is 0 Å². The predicted molar refractivity (Wildman–Crippen MR) is 128 cm³/mol. The van der Waals surface area contributed by atoms with Crippen LogP contribution in [0.4, 0.5) is 0 Å². The van der Waals surface area contributed by atoms with E-state index in [0.29, 0.717) is 9.82 Å². The van der Waals surface area contributed by atoms with E-state index in [0.717, 1.165) is 21.7 Å². The summed E-state index contributed by atoms with van der Waals surface area (Å²) in [5, 5.41) is 0.476. The monoisotopic (exact) mass is 468 g/mol.